The number of unbranched alkanes of at least 4 members (excludes halogenated alkanes) is 1. The summed E-state index contributed by atoms with van der Waals surface area (Å²) in [5, 5.41) is 3.32. The molecule has 0 spiro atoms. The first-order valence-corrected chi connectivity index (χ1v) is 11.1. The fourth-order valence-electron chi connectivity index (χ4n) is 2.71. The van der Waals surface area contributed by atoms with Gasteiger partial charge in [0.15, 0.2) is 0 Å². The van der Waals surface area contributed by atoms with Crippen molar-refractivity contribution in [3.8, 4) is 0 Å². The van der Waals surface area contributed by atoms with E-state index in [4.69, 9.17) is 34.2 Å². The quantitative estimate of drug-likeness (QED) is 0.233. The van der Waals surface area contributed by atoms with Crippen LogP contribution in [-0.4, -0.2) is 117 Å². The summed E-state index contributed by atoms with van der Waals surface area (Å²) in [6.45, 7) is 15.8. The van der Waals surface area contributed by atoms with Crippen LogP contribution in [0, 0.1) is 0 Å². The molecular weight excluding hydrogens is 390 g/mol. The largest absolute Gasteiger partial charge is 0.379 e. The highest BCUT2D eigenvalue weighted by atomic mass is 16.6. The number of nitrogens with two attached hydrogens (primary N) is 1. The van der Waals surface area contributed by atoms with Gasteiger partial charge in [-0.15, -0.1) is 0 Å². The number of hydrogen-bond donors (Lipinski definition) is 2. The molecular formula is C21H43N3O6. The van der Waals surface area contributed by atoms with Gasteiger partial charge in [-0.25, -0.2) is 0 Å². The Balaban J connectivity index is 1.68. The molecule has 30 heavy (non-hydrogen) atoms. The van der Waals surface area contributed by atoms with Crippen LogP contribution in [0.1, 0.15) is 12.8 Å². The van der Waals surface area contributed by atoms with Crippen molar-refractivity contribution in [3.05, 3.63) is 12.3 Å². The third kappa shape index (κ3) is 17.0. The lowest BCUT2D eigenvalue weighted by Crippen LogP contribution is -2.43. The average molecular weight is 434 g/mol. The summed E-state index contributed by atoms with van der Waals surface area (Å²) in [5.74, 6) is 0. The highest BCUT2D eigenvalue weighted by Gasteiger charge is 2.10. The van der Waals surface area contributed by atoms with Crippen molar-refractivity contribution in [2.24, 2.45) is 5.73 Å². The van der Waals surface area contributed by atoms with Crippen molar-refractivity contribution in [2.75, 3.05) is 112 Å². The lowest BCUT2D eigenvalue weighted by atomic mass is 10.3. The van der Waals surface area contributed by atoms with E-state index in [-0.39, 0.29) is 0 Å². The lowest BCUT2D eigenvalue weighted by Gasteiger charge is -2.30. The first kappa shape index (κ1) is 27.3. The first-order chi connectivity index (χ1) is 14.8. The summed E-state index contributed by atoms with van der Waals surface area (Å²) in [5.41, 5.74) is 6.45. The minimum atomic E-state index is 0.550. The highest BCUT2D eigenvalue weighted by Crippen LogP contribution is 2.03. The molecule has 1 fully saturated rings. The minimum Gasteiger partial charge on any atom is -0.379 e. The fraction of sp³-hybridized carbons (Fsp3) is 0.905. The van der Waals surface area contributed by atoms with Gasteiger partial charge in [0, 0.05) is 38.5 Å². The molecule has 0 amide bonds. The average Bonchev–Trinajstić information content (AvgIpc) is 2.78. The van der Waals surface area contributed by atoms with E-state index in [2.05, 4.69) is 16.8 Å². The van der Waals surface area contributed by atoms with E-state index < -0.39 is 0 Å². The Hall–Kier alpha value is -0.780. The Bertz CT molecular complexity index is 384. The Morgan fingerprint density at radius 3 is 1.57 bits per heavy atom. The Morgan fingerprint density at radius 1 is 0.667 bits per heavy atom. The predicted octanol–water partition coefficient (Wildman–Crippen LogP) is 0.244. The number of ether oxygens (including phenoxy) is 6. The third-order valence-corrected chi connectivity index (χ3v) is 4.44. The maximum atomic E-state index is 5.61. The summed E-state index contributed by atoms with van der Waals surface area (Å²) >= 11 is 0. The van der Waals surface area contributed by atoms with Gasteiger partial charge in [-0.2, -0.15) is 0 Å². The van der Waals surface area contributed by atoms with Crippen molar-refractivity contribution in [3.63, 3.8) is 0 Å². The summed E-state index contributed by atoms with van der Waals surface area (Å²) in [7, 11) is 0. The summed E-state index contributed by atoms with van der Waals surface area (Å²) in [6, 6.07) is 0. The second-order valence-corrected chi connectivity index (χ2v) is 6.91. The van der Waals surface area contributed by atoms with E-state index >= 15 is 0 Å². The fourth-order valence-corrected chi connectivity index (χ4v) is 2.71. The van der Waals surface area contributed by atoms with E-state index in [1.165, 1.54) is 0 Å². The van der Waals surface area contributed by atoms with Crippen LogP contribution in [0.2, 0.25) is 0 Å². The van der Waals surface area contributed by atoms with Crippen LogP contribution in [-0.2, 0) is 28.4 Å². The first-order valence-electron chi connectivity index (χ1n) is 11.1. The standard InChI is InChI=1S/C21H43N3O6/c1-21(24-7-5-23-6-8-24)20-30-19-18-29-17-16-28-15-14-27-13-12-26-11-10-25-9-3-2-4-22/h23H,1-20,22H2. The summed E-state index contributed by atoms with van der Waals surface area (Å²) < 4.78 is 32.8. The SMILES string of the molecule is C=C(COCCOCCOCCOCCOCCOCCCCN)N1CCNCC1. The normalized spacial score (nSPS) is 14.4. The number of nitrogens with one attached hydrogen (secondary N) is 1. The lowest BCUT2D eigenvalue weighted by molar-refractivity contribution is -0.0164. The molecule has 0 atom stereocenters. The zero-order valence-corrected chi connectivity index (χ0v) is 18.6. The van der Waals surface area contributed by atoms with Crippen molar-refractivity contribution in [2.45, 2.75) is 12.8 Å². The molecule has 0 aliphatic carbocycles. The van der Waals surface area contributed by atoms with Crippen LogP contribution in [0.5, 0.6) is 0 Å². The maximum Gasteiger partial charge on any atom is 0.0859 e. The van der Waals surface area contributed by atoms with Gasteiger partial charge in [0.2, 0.25) is 0 Å². The molecule has 9 nitrogen and oxygen atoms in total. The monoisotopic (exact) mass is 433 g/mol. The zero-order valence-electron chi connectivity index (χ0n) is 18.6. The minimum absolute atomic E-state index is 0.550. The molecule has 0 aromatic carbocycles. The topological polar surface area (TPSA) is 96.7 Å². The van der Waals surface area contributed by atoms with Crippen LogP contribution in [0.25, 0.3) is 0 Å². The molecule has 3 N–H and O–H groups in total. The Morgan fingerprint density at radius 2 is 1.10 bits per heavy atom. The number of hydrogen-bond acceptors (Lipinski definition) is 9. The highest BCUT2D eigenvalue weighted by molar-refractivity contribution is 4.95. The van der Waals surface area contributed by atoms with E-state index in [9.17, 15) is 0 Å². The zero-order chi connectivity index (χ0) is 21.5. The molecule has 1 rings (SSSR count). The van der Waals surface area contributed by atoms with E-state index in [1.807, 2.05) is 0 Å². The summed E-state index contributed by atoms with van der Waals surface area (Å²) in [6.07, 6.45) is 2.01. The van der Waals surface area contributed by atoms with Gasteiger partial charge in [0.05, 0.1) is 72.7 Å². The molecule has 0 aromatic rings. The van der Waals surface area contributed by atoms with Crippen LogP contribution in [0.4, 0.5) is 0 Å². The van der Waals surface area contributed by atoms with Crippen molar-refractivity contribution >= 4 is 0 Å². The van der Waals surface area contributed by atoms with Crippen LogP contribution >= 0.6 is 0 Å². The van der Waals surface area contributed by atoms with Crippen molar-refractivity contribution in [1.29, 1.82) is 0 Å². The number of rotatable bonds is 22. The van der Waals surface area contributed by atoms with Gasteiger partial charge in [-0.05, 0) is 19.4 Å². The summed E-state index contributed by atoms with van der Waals surface area (Å²) in [4.78, 5) is 2.26. The van der Waals surface area contributed by atoms with Gasteiger partial charge in [-0.3, -0.25) is 0 Å². The van der Waals surface area contributed by atoms with Crippen molar-refractivity contribution in [1.82, 2.24) is 10.2 Å². The van der Waals surface area contributed by atoms with E-state index in [0.29, 0.717) is 72.7 Å². The van der Waals surface area contributed by atoms with Gasteiger partial charge in [0.25, 0.3) is 0 Å². The molecule has 1 aliphatic rings. The van der Waals surface area contributed by atoms with Crippen LogP contribution in [0.3, 0.4) is 0 Å². The molecule has 178 valence electrons. The Labute approximate surface area is 182 Å². The molecule has 0 saturated carbocycles. The van der Waals surface area contributed by atoms with E-state index in [1.54, 1.807) is 0 Å². The Kier molecular flexibility index (Phi) is 19.5. The number of nitrogens with zero attached hydrogens (tertiary/aromatic N) is 1. The molecule has 0 bridgehead atoms. The van der Waals surface area contributed by atoms with E-state index in [0.717, 1.165) is 57.9 Å². The van der Waals surface area contributed by atoms with Gasteiger partial charge in [0.1, 0.15) is 0 Å². The molecule has 1 aliphatic heterocycles. The number of piperazine rings is 1. The van der Waals surface area contributed by atoms with Gasteiger partial charge in [-0.1, -0.05) is 6.58 Å². The second-order valence-electron chi connectivity index (χ2n) is 6.91. The van der Waals surface area contributed by atoms with Crippen LogP contribution in [0.15, 0.2) is 12.3 Å². The van der Waals surface area contributed by atoms with Gasteiger partial charge < -0.3 is 44.4 Å². The van der Waals surface area contributed by atoms with Gasteiger partial charge >= 0.3 is 0 Å². The molecule has 0 aromatic heterocycles. The van der Waals surface area contributed by atoms with Crippen LogP contribution < -0.4 is 11.1 Å². The maximum absolute atomic E-state index is 5.61. The molecule has 1 heterocycles. The smallest absolute Gasteiger partial charge is 0.0859 e. The third-order valence-electron chi connectivity index (χ3n) is 4.44. The molecule has 0 unspecified atom stereocenters. The van der Waals surface area contributed by atoms with Crippen molar-refractivity contribution < 1.29 is 28.4 Å². The molecule has 1 saturated heterocycles. The molecule has 9 heteroatoms. The second kappa shape index (κ2) is 21.5. The predicted molar refractivity (Wildman–Crippen MR) is 117 cm³/mol. The molecule has 0 radical (unpaired) electrons.